The molecule has 2 heteroatoms. The SMILES string of the molecule is CC(C)CCC1Sc2ccccc2S1. The lowest BCUT2D eigenvalue weighted by atomic mass is 10.1. The van der Waals surface area contributed by atoms with Gasteiger partial charge in [-0.2, -0.15) is 0 Å². The van der Waals surface area contributed by atoms with Gasteiger partial charge in [0.05, 0.1) is 4.58 Å². The van der Waals surface area contributed by atoms with Crippen molar-refractivity contribution in [3.05, 3.63) is 24.3 Å². The Morgan fingerprint density at radius 1 is 1.14 bits per heavy atom. The van der Waals surface area contributed by atoms with E-state index >= 15 is 0 Å². The summed E-state index contributed by atoms with van der Waals surface area (Å²) in [7, 11) is 0. The first-order chi connectivity index (χ1) is 6.75. The van der Waals surface area contributed by atoms with E-state index in [9.17, 15) is 0 Å². The topological polar surface area (TPSA) is 0 Å². The Hall–Kier alpha value is -0.0800. The van der Waals surface area contributed by atoms with Crippen molar-refractivity contribution in [3.63, 3.8) is 0 Å². The lowest BCUT2D eigenvalue weighted by Gasteiger charge is -2.08. The van der Waals surface area contributed by atoms with Crippen molar-refractivity contribution >= 4 is 23.5 Å². The quantitative estimate of drug-likeness (QED) is 0.733. The number of thioether (sulfide) groups is 2. The fourth-order valence-corrected chi connectivity index (χ4v) is 4.40. The van der Waals surface area contributed by atoms with Crippen LogP contribution in [0.4, 0.5) is 0 Å². The highest BCUT2D eigenvalue weighted by atomic mass is 32.2. The fourth-order valence-electron chi connectivity index (χ4n) is 1.54. The van der Waals surface area contributed by atoms with Crippen molar-refractivity contribution in [2.24, 2.45) is 5.92 Å². The average molecular weight is 224 g/mol. The van der Waals surface area contributed by atoms with Gasteiger partial charge in [-0.1, -0.05) is 26.0 Å². The van der Waals surface area contributed by atoms with E-state index in [2.05, 4.69) is 38.1 Å². The van der Waals surface area contributed by atoms with E-state index in [1.54, 1.807) is 0 Å². The summed E-state index contributed by atoms with van der Waals surface area (Å²) in [6, 6.07) is 8.75. The van der Waals surface area contributed by atoms with Crippen molar-refractivity contribution in [1.82, 2.24) is 0 Å². The van der Waals surface area contributed by atoms with Crippen LogP contribution in [-0.4, -0.2) is 4.58 Å². The standard InChI is InChI=1S/C12H16S2/c1-9(2)7-8-12-13-10-5-3-4-6-11(10)14-12/h3-6,9,12H,7-8H2,1-2H3. The molecule has 0 aliphatic carbocycles. The summed E-state index contributed by atoms with van der Waals surface area (Å²) in [5, 5.41) is 0. The summed E-state index contributed by atoms with van der Waals surface area (Å²) < 4.78 is 0.759. The van der Waals surface area contributed by atoms with E-state index in [1.165, 1.54) is 22.6 Å². The maximum atomic E-state index is 2.30. The molecule has 0 N–H and O–H groups in total. The van der Waals surface area contributed by atoms with Crippen LogP contribution in [-0.2, 0) is 0 Å². The van der Waals surface area contributed by atoms with Gasteiger partial charge in [-0.3, -0.25) is 0 Å². The zero-order valence-corrected chi connectivity index (χ0v) is 10.3. The highest BCUT2D eigenvalue weighted by molar-refractivity contribution is 8.19. The smallest absolute Gasteiger partial charge is 0.0597 e. The first kappa shape index (κ1) is 10.4. The van der Waals surface area contributed by atoms with Gasteiger partial charge in [0, 0.05) is 9.79 Å². The second-order valence-corrected chi connectivity index (χ2v) is 6.87. The third-order valence-corrected chi connectivity index (χ3v) is 5.27. The van der Waals surface area contributed by atoms with Gasteiger partial charge in [-0.25, -0.2) is 0 Å². The lowest BCUT2D eigenvalue weighted by Crippen LogP contribution is -1.95. The Kier molecular flexibility index (Phi) is 3.45. The van der Waals surface area contributed by atoms with E-state index in [4.69, 9.17) is 0 Å². The van der Waals surface area contributed by atoms with E-state index < -0.39 is 0 Å². The highest BCUT2D eigenvalue weighted by Crippen LogP contribution is 2.49. The number of benzene rings is 1. The van der Waals surface area contributed by atoms with Crippen molar-refractivity contribution in [2.75, 3.05) is 0 Å². The Balaban J connectivity index is 1.92. The molecular weight excluding hydrogens is 208 g/mol. The second kappa shape index (κ2) is 4.63. The van der Waals surface area contributed by atoms with Gasteiger partial charge >= 0.3 is 0 Å². The zero-order chi connectivity index (χ0) is 9.97. The molecule has 0 spiro atoms. The summed E-state index contributed by atoms with van der Waals surface area (Å²) in [5.74, 6) is 0.833. The molecule has 1 aliphatic rings. The van der Waals surface area contributed by atoms with Gasteiger partial charge in [0.25, 0.3) is 0 Å². The van der Waals surface area contributed by atoms with Crippen molar-refractivity contribution in [2.45, 2.75) is 41.1 Å². The number of fused-ring (bicyclic) bond motifs is 1. The van der Waals surface area contributed by atoms with Crippen molar-refractivity contribution < 1.29 is 0 Å². The van der Waals surface area contributed by atoms with E-state index in [-0.39, 0.29) is 0 Å². The molecule has 0 saturated carbocycles. The van der Waals surface area contributed by atoms with Gasteiger partial charge in [-0.15, -0.1) is 23.5 Å². The predicted octanol–water partition coefficient (Wildman–Crippen LogP) is 4.65. The molecule has 0 bridgehead atoms. The Bertz CT molecular complexity index is 282. The molecule has 1 aromatic carbocycles. The van der Waals surface area contributed by atoms with Gasteiger partial charge in [0.2, 0.25) is 0 Å². The summed E-state index contributed by atoms with van der Waals surface area (Å²) in [5.41, 5.74) is 0. The molecule has 1 aromatic rings. The molecule has 14 heavy (non-hydrogen) atoms. The molecule has 0 radical (unpaired) electrons. The summed E-state index contributed by atoms with van der Waals surface area (Å²) in [6.45, 7) is 4.61. The first-order valence-electron chi connectivity index (χ1n) is 5.18. The van der Waals surface area contributed by atoms with Crippen LogP contribution in [0.15, 0.2) is 34.1 Å². The minimum atomic E-state index is 0.759. The van der Waals surface area contributed by atoms with Gasteiger partial charge in [0.15, 0.2) is 0 Å². The monoisotopic (exact) mass is 224 g/mol. The summed E-state index contributed by atoms with van der Waals surface area (Å²) in [6.07, 6.45) is 2.68. The molecule has 1 aliphatic heterocycles. The molecule has 76 valence electrons. The zero-order valence-electron chi connectivity index (χ0n) is 8.69. The van der Waals surface area contributed by atoms with Crippen LogP contribution < -0.4 is 0 Å². The van der Waals surface area contributed by atoms with Crippen LogP contribution in [0.3, 0.4) is 0 Å². The lowest BCUT2D eigenvalue weighted by molar-refractivity contribution is 0.573. The Morgan fingerprint density at radius 3 is 2.21 bits per heavy atom. The summed E-state index contributed by atoms with van der Waals surface area (Å²) in [4.78, 5) is 2.96. The first-order valence-corrected chi connectivity index (χ1v) is 6.94. The van der Waals surface area contributed by atoms with Crippen LogP contribution >= 0.6 is 23.5 Å². The van der Waals surface area contributed by atoms with E-state index in [1.807, 2.05) is 23.5 Å². The highest BCUT2D eigenvalue weighted by Gasteiger charge is 2.22. The third-order valence-electron chi connectivity index (χ3n) is 2.35. The number of hydrogen-bond acceptors (Lipinski definition) is 2. The molecule has 0 fully saturated rings. The normalized spacial score (nSPS) is 16.2. The molecule has 0 nitrogen and oxygen atoms in total. The number of rotatable bonds is 3. The molecule has 2 rings (SSSR count). The van der Waals surface area contributed by atoms with Crippen molar-refractivity contribution in [1.29, 1.82) is 0 Å². The third kappa shape index (κ3) is 2.48. The Labute approximate surface area is 94.9 Å². The van der Waals surface area contributed by atoms with Crippen LogP contribution in [0.5, 0.6) is 0 Å². The van der Waals surface area contributed by atoms with E-state index in [0.717, 1.165) is 10.5 Å². The molecule has 0 atom stereocenters. The van der Waals surface area contributed by atoms with Crippen LogP contribution in [0.25, 0.3) is 0 Å². The van der Waals surface area contributed by atoms with Crippen LogP contribution in [0.1, 0.15) is 26.7 Å². The average Bonchev–Trinajstić information content (AvgIpc) is 2.57. The molecule has 0 aromatic heterocycles. The maximum absolute atomic E-state index is 2.30. The Morgan fingerprint density at radius 2 is 1.71 bits per heavy atom. The molecule has 1 heterocycles. The van der Waals surface area contributed by atoms with Gasteiger partial charge in [0.1, 0.15) is 0 Å². The minimum absolute atomic E-state index is 0.759. The predicted molar refractivity (Wildman–Crippen MR) is 66.0 cm³/mol. The van der Waals surface area contributed by atoms with Crippen molar-refractivity contribution in [3.8, 4) is 0 Å². The molecule has 0 unspecified atom stereocenters. The summed E-state index contributed by atoms with van der Waals surface area (Å²) >= 11 is 4.08. The van der Waals surface area contributed by atoms with Gasteiger partial charge < -0.3 is 0 Å². The number of hydrogen-bond donors (Lipinski definition) is 0. The molecule has 0 amide bonds. The molecular formula is C12H16S2. The van der Waals surface area contributed by atoms with Crippen LogP contribution in [0.2, 0.25) is 0 Å². The van der Waals surface area contributed by atoms with Crippen LogP contribution in [0, 0.1) is 5.92 Å². The molecule has 0 saturated heterocycles. The fraction of sp³-hybridized carbons (Fsp3) is 0.500. The second-order valence-electron chi connectivity index (χ2n) is 4.08. The van der Waals surface area contributed by atoms with E-state index in [0.29, 0.717) is 0 Å². The largest absolute Gasteiger partial charge is 0.110 e. The minimum Gasteiger partial charge on any atom is -0.110 e. The maximum Gasteiger partial charge on any atom is 0.0597 e. The van der Waals surface area contributed by atoms with Gasteiger partial charge in [-0.05, 0) is 30.9 Å².